The molecule has 0 radical (unpaired) electrons. The zero-order valence-corrected chi connectivity index (χ0v) is 14.5. The van der Waals surface area contributed by atoms with E-state index in [1.54, 1.807) is 0 Å². The summed E-state index contributed by atoms with van der Waals surface area (Å²) >= 11 is 0. The monoisotopic (exact) mass is 367 g/mol. The number of rotatable bonds is 7. The second-order valence-corrected chi connectivity index (χ2v) is 5.27. The van der Waals surface area contributed by atoms with Crippen molar-refractivity contribution in [3.8, 4) is 0 Å². The zero-order chi connectivity index (χ0) is 12.6. The van der Waals surface area contributed by atoms with Crippen LogP contribution in [0.15, 0.2) is 4.99 Å². The van der Waals surface area contributed by atoms with Crippen LogP contribution >= 0.6 is 24.0 Å². The number of nitrogens with zero attached hydrogens (tertiary/aromatic N) is 1. The summed E-state index contributed by atoms with van der Waals surface area (Å²) in [6.45, 7) is 6.65. The Bertz CT molecular complexity index is 232. The predicted octanol–water partition coefficient (Wildman–Crippen LogP) is 3.54. The van der Waals surface area contributed by atoms with Crippen molar-refractivity contribution in [1.29, 1.82) is 0 Å². The van der Waals surface area contributed by atoms with E-state index in [-0.39, 0.29) is 24.0 Å². The third-order valence-electron chi connectivity index (χ3n) is 4.09. The number of hydrogen-bond donors (Lipinski definition) is 2. The van der Waals surface area contributed by atoms with Gasteiger partial charge in [-0.15, -0.1) is 24.0 Å². The molecular weight excluding hydrogens is 337 g/mol. The van der Waals surface area contributed by atoms with E-state index >= 15 is 0 Å². The van der Waals surface area contributed by atoms with Crippen molar-refractivity contribution in [2.24, 2.45) is 10.4 Å². The molecule has 4 heteroatoms. The van der Waals surface area contributed by atoms with Gasteiger partial charge in [-0.3, -0.25) is 4.99 Å². The Morgan fingerprint density at radius 3 is 2.33 bits per heavy atom. The minimum Gasteiger partial charge on any atom is -0.356 e. The van der Waals surface area contributed by atoms with Gasteiger partial charge in [-0.25, -0.2) is 0 Å². The van der Waals surface area contributed by atoms with Gasteiger partial charge in [0.05, 0.1) is 0 Å². The van der Waals surface area contributed by atoms with Gasteiger partial charge in [0.2, 0.25) is 0 Å². The Kier molecular flexibility index (Phi) is 9.87. The molecule has 0 amide bonds. The van der Waals surface area contributed by atoms with E-state index in [0.717, 1.165) is 19.0 Å². The fourth-order valence-electron chi connectivity index (χ4n) is 2.41. The van der Waals surface area contributed by atoms with Crippen LogP contribution in [0.4, 0.5) is 0 Å². The first-order chi connectivity index (χ1) is 8.26. The van der Waals surface area contributed by atoms with Crippen molar-refractivity contribution in [1.82, 2.24) is 10.6 Å². The lowest BCUT2D eigenvalue weighted by Gasteiger charge is -2.41. The Balaban J connectivity index is 0.00000289. The molecule has 1 aliphatic carbocycles. The molecule has 1 saturated carbocycles. The zero-order valence-electron chi connectivity index (χ0n) is 12.2. The number of unbranched alkanes of at least 4 members (excludes halogenated alkanes) is 2. The van der Waals surface area contributed by atoms with Crippen molar-refractivity contribution < 1.29 is 0 Å². The van der Waals surface area contributed by atoms with E-state index in [4.69, 9.17) is 0 Å². The smallest absolute Gasteiger partial charge is 0.190 e. The van der Waals surface area contributed by atoms with Gasteiger partial charge in [0.15, 0.2) is 5.96 Å². The minimum absolute atomic E-state index is 0. The molecule has 0 aliphatic heterocycles. The number of aliphatic imine (C=N–C) groups is 1. The van der Waals surface area contributed by atoms with Gasteiger partial charge < -0.3 is 10.6 Å². The minimum atomic E-state index is 0. The molecule has 108 valence electrons. The maximum absolute atomic E-state index is 4.28. The van der Waals surface area contributed by atoms with Crippen molar-refractivity contribution in [2.75, 3.05) is 20.1 Å². The molecule has 0 heterocycles. The standard InChI is InChI=1S/C14H29N3.HI/c1-4-6-7-11-16-13(15-3)17-12-14(5-2)9-8-10-14;/h4-12H2,1-3H3,(H2,15,16,17);1H. The van der Waals surface area contributed by atoms with Crippen LogP contribution in [0.2, 0.25) is 0 Å². The number of hydrogen-bond acceptors (Lipinski definition) is 1. The van der Waals surface area contributed by atoms with Gasteiger partial charge in [-0.05, 0) is 31.1 Å². The van der Waals surface area contributed by atoms with E-state index in [9.17, 15) is 0 Å². The molecule has 0 bridgehead atoms. The second kappa shape index (κ2) is 9.87. The van der Waals surface area contributed by atoms with Crippen LogP contribution < -0.4 is 10.6 Å². The van der Waals surface area contributed by atoms with E-state index in [0.29, 0.717) is 5.41 Å². The molecule has 0 aromatic heterocycles. The van der Waals surface area contributed by atoms with Crippen molar-refractivity contribution in [3.05, 3.63) is 0 Å². The summed E-state index contributed by atoms with van der Waals surface area (Å²) in [7, 11) is 1.86. The summed E-state index contributed by atoms with van der Waals surface area (Å²) in [5, 5.41) is 6.87. The van der Waals surface area contributed by atoms with Crippen LogP contribution in [0, 0.1) is 5.41 Å². The maximum atomic E-state index is 4.28. The van der Waals surface area contributed by atoms with E-state index in [1.807, 2.05) is 7.05 Å². The summed E-state index contributed by atoms with van der Waals surface area (Å²) < 4.78 is 0. The summed E-state index contributed by atoms with van der Waals surface area (Å²) in [4.78, 5) is 4.28. The van der Waals surface area contributed by atoms with E-state index < -0.39 is 0 Å². The normalized spacial score (nSPS) is 17.6. The van der Waals surface area contributed by atoms with Crippen molar-refractivity contribution in [3.63, 3.8) is 0 Å². The van der Waals surface area contributed by atoms with Gasteiger partial charge in [0.1, 0.15) is 0 Å². The Labute approximate surface area is 130 Å². The molecule has 2 N–H and O–H groups in total. The molecule has 0 aromatic carbocycles. The lowest BCUT2D eigenvalue weighted by atomic mass is 9.67. The quantitative estimate of drug-likeness (QED) is 0.313. The van der Waals surface area contributed by atoms with Crippen molar-refractivity contribution in [2.45, 2.75) is 58.8 Å². The molecule has 0 aromatic rings. The van der Waals surface area contributed by atoms with Crippen LogP contribution in [-0.2, 0) is 0 Å². The molecule has 1 rings (SSSR count). The average molecular weight is 367 g/mol. The first-order valence-corrected chi connectivity index (χ1v) is 7.21. The van der Waals surface area contributed by atoms with E-state index in [2.05, 4.69) is 29.5 Å². The third kappa shape index (κ3) is 5.76. The highest BCUT2D eigenvalue weighted by Gasteiger charge is 2.34. The van der Waals surface area contributed by atoms with Gasteiger partial charge in [-0.1, -0.05) is 33.1 Å². The van der Waals surface area contributed by atoms with Gasteiger partial charge in [0.25, 0.3) is 0 Å². The van der Waals surface area contributed by atoms with E-state index in [1.165, 1.54) is 44.9 Å². The largest absolute Gasteiger partial charge is 0.356 e. The topological polar surface area (TPSA) is 36.4 Å². The Hall–Kier alpha value is 0. The summed E-state index contributed by atoms with van der Waals surface area (Å²) in [5.74, 6) is 0.973. The lowest BCUT2D eigenvalue weighted by molar-refractivity contribution is 0.131. The molecule has 3 nitrogen and oxygen atoms in total. The second-order valence-electron chi connectivity index (χ2n) is 5.27. The summed E-state index contributed by atoms with van der Waals surface area (Å²) in [6, 6.07) is 0. The van der Waals surface area contributed by atoms with Crippen LogP contribution in [0.3, 0.4) is 0 Å². The van der Waals surface area contributed by atoms with Crippen LogP contribution in [0.25, 0.3) is 0 Å². The molecule has 1 fully saturated rings. The molecule has 18 heavy (non-hydrogen) atoms. The first-order valence-electron chi connectivity index (χ1n) is 7.21. The number of nitrogens with one attached hydrogen (secondary N) is 2. The van der Waals surface area contributed by atoms with Crippen molar-refractivity contribution >= 4 is 29.9 Å². The highest BCUT2D eigenvalue weighted by atomic mass is 127. The number of guanidine groups is 1. The SMILES string of the molecule is CCCCCNC(=NC)NCC1(CC)CCC1.I. The Morgan fingerprint density at radius 1 is 1.17 bits per heavy atom. The summed E-state index contributed by atoms with van der Waals surface area (Å²) in [6.07, 6.45) is 9.24. The molecule has 0 unspecified atom stereocenters. The van der Waals surface area contributed by atoms with Gasteiger partial charge in [-0.2, -0.15) is 0 Å². The van der Waals surface area contributed by atoms with Gasteiger partial charge in [0, 0.05) is 20.1 Å². The molecular formula is C14H30IN3. The fourth-order valence-corrected chi connectivity index (χ4v) is 2.41. The van der Waals surface area contributed by atoms with Crippen LogP contribution in [0.1, 0.15) is 58.8 Å². The molecule has 0 spiro atoms. The molecule has 1 aliphatic rings. The van der Waals surface area contributed by atoms with Gasteiger partial charge >= 0.3 is 0 Å². The third-order valence-corrected chi connectivity index (χ3v) is 4.09. The molecule has 0 saturated heterocycles. The predicted molar refractivity (Wildman–Crippen MR) is 90.9 cm³/mol. The maximum Gasteiger partial charge on any atom is 0.190 e. The fraction of sp³-hybridized carbons (Fsp3) is 0.929. The summed E-state index contributed by atoms with van der Waals surface area (Å²) in [5.41, 5.74) is 0.557. The molecule has 0 atom stereocenters. The van der Waals surface area contributed by atoms with Crippen LogP contribution in [0.5, 0.6) is 0 Å². The number of halogens is 1. The highest BCUT2D eigenvalue weighted by molar-refractivity contribution is 14.0. The van der Waals surface area contributed by atoms with Crippen LogP contribution in [-0.4, -0.2) is 26.1 Å². The lowest BCUT2D eigenvalue weighted by Crippen LogP contribution is -2.46. The average Bonchev–Trinajstić information content (AvgIpc) is 2.31. The first kappa shape index (κ1) is 18.0. The highest BCUT2D eigenvalue weighted by Crippen LogP contribution is 2.42. The Morgan fingerprint density at radius 2 is 1.89 bits per heavy atom.